The lowest BCUT2D eigenvalue weighted by Gasteiger charge is -2.08. The Morgan fingerprint density at radius 1 is 1.37 bits per heavy atom. The number of ketones is 1. The van der Waals surface area contributed by atoms with Crippen molar-refractivity contribution in [3.8, 4) is 5.69 Å². The third-order valence-corrected chi connectivity index (χ3v) is 3.68. The molecular formula is C15H17ClN2O. The van der Waals surface area contributed by atoms with Crippen LogP contribution in [0.3, 0.4) is 0 Å². The van der Waals surface area contributed by atoms with Crippen LogP contribution >= 0.6 is 11.6 Å². The molecule has 0 radical (unpaired) electrons. The quantitative estimate of drug-likeness (QED) is 0.797. The van der Waals surface area contributed by atoms with Gasteiger partial charge in [-0.15, -0.1) is 0 Å². The van der Waals surface area contributed by atoms with Gasteiger partial charge < -0.3 is 0 Å². The summed E-state index contributed by atoms with van der Waals surface area (Å²) < 4.78 is 1.85. The van der Waals surface area contributed by atoms with Gasteiger partial charge in [0.1, 0.15) is 0 Å². The molecule has 0 spiro atoms. The highest BCUT2D eigenvalue weighted by molar-refractivity contribution is 6.32. The Balaban J connectivity index is 2.57. The minimum absolute atomic E-state index is 0.0102. The van der Waals surface area contributed by atoms with Gasteiger partial charge in [0.05, 0.1) is 16.4 Å². The van der Waals surface area contributed by atoms with Crippen LogP contribution in [-0.2, 0) is 6.42 Å². The molecule has 3 nitrogen and oxygen atoms in total. The Hall–Kier alpha value is -1.61. The number of carbonyl (C=O) groups is 1. The minimum Gasteiger partial charge on any atom is -0.295 e. The molecule has 0 atom stereocenters. The molecule has 19 heavy (non-hydrogen) atoms. The van der Waals surface area contributed by atoms with Crippen molar-refractivity contribution in [3.63, 3.8) is 0 Å². The van der Waals surface area contributed by atoms with Crippen molar-refractivity contribution in [1.29, 1.82) is 0 Å². The highest BCUT2D eigenvalue weighted by atomic mass is 35.5. The Morgan fingerprint density at radius 3 is 2.53 bits per heavy atom. The molecule has 1 heterocycles. The van der Waals surface area contributed by atoms with Crippen LogP contribution in [0.1, 0.15) is 41.2 Å². The van der Waals surface area contributed by atoms with Gasteiger partial charge in [-0.3, -0.25) is 4.79 Å². The van der Waals surface area contributed by atoms with Gasteiger partial charge >= 0.3 is 0 Å². The fourth-order valence-electron chi connectivity index (χ4n) is 2.32. The molecule has 1 aromatic carbocycles. The number of benzene rings is 1. The average Bonchev–Trinajstić information content (AvgIpc) is 2.64. The van der Waals surface area contributed by atoms with Crippen molar-refractivity contribution in [1.82, 2.24) is 9.78 Å². The summed E-state index contributed by atoms with van der Waals surface area (Å²) in [6, 6.07) is 5.32. The van der Waals surface area contributed by atoms with Crippen molar-refractivity contribution in [2.75, 3.05) is 0 Å². The molecule has 4 heteroatoms. The van der Waals surface area contributed by atoms with Gasteiger partial charge in [-0.05, 0) is 51.0 Å². The van der Waals surface area contributed by atoms with E-state index in [4.69, 9.17) is 11.6 Å². The number of hydrogen-bond donors (Lipinski definition) is 0. The molecular weight excluding hydrogens is 260 g/mol. The lowest BCUT2D eigenvalue weighted by Crippen LogP contribution is -2.02. The fraction of sp³-hybridized carbons (Fsp3) is 0.333. The third kappa shape index (κ3) is 2.43. The SMILES string of the molecule is CCc1c(C)nn(-c2ccc(C(C)=O)cc2Cl)c1C. The molecule has 100 valence electrons. The molecule has 0 N–H and O–H groups in total. The predicted molar refractivity (Wildman–Crippen MR) is 77.4 cm³/mol. The van der Waals surface area contributed by atoms with Crippen LogP contribution in [0, 0.1) is 13.8 Å². The van der Waals surface area contributed by atoms with E-state index in [0.717, 1.165) is 23.5 Å². The minimum atomic E-state index is 0.0102. The Morgan fingerprint density at radius 2 is 2.05 bits per heavy atom. The van der Waals surface area contributed by atoms with Gasteiger partial charge in [-0.2, -0.15) is 5.10 Å². The predicted octanol–water partition coefficient (Wildman–Crippen LogP) is 3.91. The molecule has 0 fully saturated rings. The fourth-order valence-corrected chi connectivity index (χ4v) is 2.58. The first-order valence-electron chi connectivity index (χ1n) is 6.31. The molecule has 0 aliphatic heterocycles. The lowest BCUT2D eigenvalue weighted by atomic mass is 10.1. The number of hydrogen-bond acceptors (Lipinski definition) is 2. The summed E-state index contributed by atoms with van der Waals surface area (Å²) in [5.74, 6) is 0.0102. The number of aromatic nitrogens is 2. The normalized spacial score (nSPS) is 10.8. The number of nitrogens with zero attached hydrogens (tertiary/aromatic N) is 2. The van der Waals surface area contributed by atoms with Gasteiger partial charge in [0.15, 0.2) is 5.78 Å². The summed E-state index contributed by atoms with van der Waals surface area (Å²) >= 11 is 6.27. The van der Waals surface area contributed by atoms with E-state index in [1.165, 1.54) is 12.5 Å². The van der Waals surface area contributed by atoms with Gasteiger partial charge in [0.2, 0.25) is 0 Å². The van der Waals surface area contributed by atoms with Gasteiger partial charge in [-0.25, -0.2) is 4.68 Å². The monoisotopic (exact) mass is 276 g/mol. The van der Waals surface area contributed by atoms with Crippen molar-refractivity contribution in [2.24, 2.45) is 0 Å². The molecule has 1 aromatic heterocycles. The number of Topliss-reactive ketones (excluding diaryl/α,β-unsaturated/α-hetero) is 1. The van der Waals surface area contributed by atoms with E-state index < -0.39 is 0 Å². The second-order valence-electron chi connectivity index (χ2n) is 4.64. The van der Waals surface area contributed by atoms with Gasteiger partial charge in [0.25, 0.3) is 0 Å². The van der Waals surface area contributed by atoms with Crippen LogP contribution in [0.5, 0.6) is 0 Å². The summed E-state index contributed by atoms with van der Waals surface area (Å²) in [6.07, 6.45) is 0.945. The number of rotatable bonds is 3. The average molecular weight is 277 g/mol. The van der Waals surface area contributed by atoms with Crippen LogP contribution in [-0.4, -0.2) is 15.6 Å². The maximum Gasteiger partial charge on any atom is 0.159 e. The molecule has 0 amide bonds. The maximum atomic E-state index is 11.3. The highest BCUT2D eigenvalue weighted by Crippen LogP contribution is 2.25. The summed E-state index contributed by atoms with van der Waals surface area (Å²) in [7, 11) is 0. The second-order valence-corrected chi connectivity index (χ2v) is 5.04. The van der Waals surface area contributed by atoms with Crippen molar-refractivity contribution in [3.05, 3.63) is 45.7 Å². The Kier molecular flexibility index (Phi) is 3.76. The standard InChI is InChI=1S/C15H17ClN2O/c1-5-13-9(2)17-18(10(13)3)15-7-6-12(11(4)19)8-14(15)16/h6-8H,5H2,1-4H3. The van der Waals surface area contributed by atoms with E-state index in [0.29, 0.717) is 10.6 Å². The first-order valence-corrected chi connectivity index (χ1v) is 6.69. The van der Waals surface area contributed by atoms with E-state index in [-0.39, 0.29) is 5.78 Å². The molecule has 0 saturated carbocycles. The maximum absolute atomic E-state index is 11.3. The largest absolute Gasteiger partial charge is 0.295 e. The van der Waals surface area contributed by atoms with E-state index in [2.05, 4.69) is 12.0 Å². The second kappa shape index (κ2) is 5.17. The van der Waals surface area contributed by atoms with Crippen LogP contribution in [0.2, 0.25) is 5.02 Å². The topological polar surface area (TPSA) is 34.9 Å². The lowest BCUT2D eigenvalue weighted by molar-refractivity contribution is 0.101. The summed E-state index contributed by atoms with van der Waals surface area (Å²) in [4.78, 5) is 11.3. The van der Waals surface area contributed by atoms with Crippen LogP contribution in [0.15, 0.2) is 18.2 Å². The summed E-state index contributed by atoms with van der Waals surface area (Å²) in [5, 5.41) is 5.08. The Bertz CT molecular complexity index is 644. The molecule has 0 aliphatic rings. The molecule has 2 aromatic rings. The molecule has 0 unspecified atom stereocenters. The third-order valence-electron chi connectivity index (χ3n) is 3.38. The van der Waals surface area contributed by atoms with Crippen molar-refractivity contribution in [2.45, 2.75) is 34.1 Å². The highest BCUT2D eigenvalue weighted by Gasteiger charge is 2.14. The smallest absolute Gasteiger partial charge is 0.159 e. The molecule has 0 aliphatic carbocycles. The summed E-state index contributed by atoms with van der Waals surface area (Å²) in [5.41, 5.74) is 4.79. The van der Waals surface area contributed by atoms with Crippen LogP contribution in [0.4, 0.5) is 0 Å². The zero-order valence-electron chi connectivity index (χ0n) is 11.6. The van der Waals surface area contributed by atoms with Crippen LogP contribution in [0.25, 0.3) is 5.69 Å². The van der Waals surface area contributed by atoms with E-state index in [1.807, 2.05) is 24.6 Å². The van der Waals surface area contributed by atoms with Gasteiger partial charge in [0, 0.05) is 11.3 Å². The number of halogens is 1. The van der Waals surface area contributed by atoms with Gasteiger partial charge in [-0.1, -0.05) is 18.5 Å². The first kappa shape index (κ1) is 13.8. The molecule has 2 rings (SSSR count). The molecule has 0 bridgehead atoms. The van der Waals surface area contributed by atoms with Crippen molar-refractivity contribution >= 4 is 17.4 Å². The van der Waals surface area contributed by atoms with Crippen molar-refractivity contribution < 1.29 is 4.79 Å². The summed E-state index contributed by atoms with van der Waals surface area (Å²) in [6.45, 7) is 7.68. The number of aryl methyl sites for hydroxylation is 1. The Labute approximate surface area is 118 Å². The van der Waals surface area contributed by atoms with Crippen LogP contribution < -0.4 is 0 Å². The molecule has 0 saturated heterocycles. The zero-order valence-corrected chi connectivity index (χ0v) is 12.4. The van der Waals surface area contributed by atoms with E-state index >= 15 is 0 Å². The van der Waals surface area contributed by atoms with E-state index in [9.17, 15) is 4.79 Å². The number of carbonyl (C=O) groups excluding carboxylic acids is 1. The zero-order chi connectivity index (χ0) is 14.2. The van der Waals surface area contributed by atoms with E-state index in [1.54, 1.807) is 12.1 Å². The first-order chi connectivity index (χ1) is 8.95.